The van der Waals surface area contributed by atoms with E-state index >= 15 is 0 Å². The Bertz CT molecular complexity index is 424. The number of rotatable bonds is 4. The normalized spacial score (nSPS) is 23.1. The van der Waals surface area contributed by atoms with Crippen molar-refractivity contribution in [3.05, 3.63) is 22.8 Å². The Hall–Kier alpha value is -0.550. The largest absolute Gasteiger partial charge is 0.352 e. The number of hydrogen-bond acceptors (Lipinski definition) is 3. The van der Waals surface area contributed by atoms with Gasteiger partial charge in [0, 0.05) is 16.7 Å². The standard InChI is InChI=1S/C14H19BrN2OS/c1-10-4-2-3-5-12(10)17-13(18)9-19-14-7-6-11(15)8-16-14/h6-8,10,12H,2-5,9H2,1H3,(H,17,18). The van der Waals surface area contributed by atoms with Crippen LogP contribution < -0.4 is 5.32 Å². The van der Waals surface area contributed by atoms with Crippen LogP contribution in [0.25, 0.3) is 0 Å². The molecule has 3 nitrogen and oxygen atoms in total. The highest BCUT2D eigenvalue weighted by Crippen LogP contribution is 2.24. The van der Waals surface area contributed by atoms with Gasteiger partial charge in [0.2, 0.25) is 5.91 Å². The van der Waals surface area contributed by atoms with E-state index in [9.17, 15) is 4.79 Å². The van der Waals surface area contributed by atoms with E-state index in [0.717, 1.165) is 15.9 Å². The minimum atomic E-state index is 0.119. The van der Waals surface area contributed by atoms with Crippen molar-refractivity contribution >= 4 is 33.6 Å². The highest BCUT2D eigenvalue weighted by Gasteiger charge is 2.22. The van der Waals surface area contributed by atoms with Gasteiger partial charge in [0.1, 0.15) is 0 Å². The van der Waals surface area contributed by atoms with Crippen molar-refractivity contribution in [1.29, 1.82) is 0 Å². The van der Waals surface area contributed by atoms with Crippen LogP contribution in [0.1, 0.15) is 32.6 Å². The highest BCUT2D eigenvalue weighted by molar-refractivity contribution is 9.10. The van der Waals surface area contributed by atoms with Crippen LogP contribution in [0.3, 0.4) is 0 Å². The number of hydrogen-bond donors (Lipinski definition) is 1. The first-order valence-corrected chi connectivity index (χ1v) is 8.47. The lowest BCUT2D eigenvalue weighted by molar-refractivity contribution is -0.119. The third-order valence-corrected chi connectivity index (χ3v) is 4.92. The fourth-order valence-electron chi connectivity index (χ4n) is 2.37. The molecule has 1 aromatic rings. The zero-order valence-corrected chi connectivity index (χ0v) is 13.5. The third-order valence-electron chi connectivity index (χ3n) is 3.51. The molecule has 0 radical (unpaired) electrons. The van der Waals surface area contributed by atoms with Crippen molar-refractivity contribution in [1.82, 2.24) is 10.3 Å². The fourth-order valence-corrected chi connectivity index (χ4v) is 3.25. The van der Waals surface area contributed by atoms with Gasteiger partial charge in [-0.05, 0) is 46.8 Å². The smallest absolute Gasteiger partial charge is 0.230 e. The second kappa shape index (κ2) is 7.29. The molecule has 0 spiro atoms. The molecule has 104 valence electrons. The van der Waals surface area contributed by atoms with Crippen molar-refractivity contribution in [3.63, 3.8) is 0 Å². The Balaban J connectivity index is 1.76. The topological polar surface area (TPSA) is 42.0 Å². The van der Waals surface area contributed by atoms with Crippen molar-refractivity contribution < 1.29 is 4.79 Å². The molecule has 2 atom stereocenters. The van der Waals surface area contributed by atoms with Gasteiger partial charge < -0.3 is 5.32 Å². The quantitative estimate of drug-likeness (QED) is 0.849. The van der Waals surface area contributed by atoms with Crippen LogP contribution in [0.2, 0.25) is 0 Å². The first kappa shape index (κ1) is 14.9. The molecule has 2 rings (SSSR count). The number of thioether (sulfide) groups is 1. The molecule has 1 amide bonds. The lowest BCUT2D eigenvalue weighted by Gasteiger charge is -2.29. The van der Waals surface area contributed by atoms with Gasteiger partial charge in [-0.15, -0.1) is 0 Å². The summed E-state index contributed by atoms with van der Waals surface area (Å²) >= 11 is 4.83. The van der Waals surface area contributed by atoms with Crippen LogP contribution in [-0.2, 0) is 4.79 Å². The summed E-state index contributed by atoms with van der Waals surface area (Å²) in [5.41, 5.74) is 0. The molecule has 1 aromatic heterocycles. The Kier molecular flexibility index (Phi) is 5.70. The molecule has 5 heteroatoms. The fraction of sp³-hybridized carbons (Fsp3) is 0.571. The Morgan fingerprint density at radius 1 is 1.47 bits per heavy atom. The number of nitrogens with one attached hydrogen (secondary N) is 1. The molecular weight excluding hydrogens is 324 g/mol. The average Bonchev–Trinajstić information content (AvgIpc) is 2.41. The SMILES string of the molecule is CC1CCCCC1NC(=O)CSc1ccc(Br)cn1. The lowest BCUT2D eigenvalue weighted by atomic mass is 9.86. The van der Waals surface area contributed by atoms with E-state index in [1.54, 1.807) is 6.20 Å². The van der Waals surface area contributed by atoms with Crippen LogP contribution in [-0.4, -0.2) is 22.7 Å². The molecule has 19 heavy (non-hydrogen) atoms. The van der Waals surface area contributed by atoms with Crippen molar-refractivity contribution in [3.8, 4) is 0 Å². The van der Waals surface area contributed by atoms with E-state index in [0.29, 0.717) is 17.7 Å². The van der Waals surface area contributed by atoms with Crippen LogP contribution in [0, 0.1) is 5.92 Å². The van der Waals surface area contributed by atoms with Gasteiger partial charge in [-0.25, -0.2) is 4.98 Å². The Morgan fingerprint density at radius 3 is 2.95 bits per heavy atom. The zero-order valence-electron chi connectivity index (χ0n) is 11.1. The Morgan fingerprint density at radius 2 is 2.26 bits per heavy atom. The third kappa shape index (κ3) is 4.80. The zero-order chi connectivity index (χ0) is 13.7. The van der Waals surface area contributed by atoms with Crippen LogP contribution >= 0.6 is 27.7 Å². The van der Waals surface area contributed by atoms with E-state index in [2.05, 4.69) is 33.2 Å². The van der Waals surface area contributed by atoms with Gasteiger partial charge in [-0.3, -0.25) is 4.79 Å². The second-order valence-electron chi connectivity index (χ2n) is 5.04. The molecule has 1 fully saturated rings. The molecule has 1 N–H and O–H groups in total. The summed E-state index contributed by atoms with van der Waals surface area (Å²) in [6.07, 6.45) is 6.63. The average molecular weight is 343 g/mol. The predicted octanol–water partition coefficient (Wildman–Crippen LogP) is 3.63. The number of aromatic nitrogens is 1. The summed E-state index contributed by atoms with van der Waals surface area (Å²) in [5, 5.41) is 4.04. The number of carbonyl (C=O) groups is 1. The van der Waals surface area contributed by atoms with Gasteiger partial charge in [-0.1, -0.05) is 31.5 Å². The van der Waals surface area contributed by atoms with Crippen LogP contribution in [0.4, 0.5) is 0 Å². The lowest BCUT2D eigenvalue weighted by Crippen LogP contribution is -2.41. The predicted molar refractivity (Wildman–Crippen MR) is 82.2 cm³/mol. The van der Waals surface area contributed by atoms with E-state index in [1.807, 2.05) is 12.1 Å². The van der Waals surface area contributed by atoms with E-state index < -0.39 is 0 Å². The highest BCUT2D eigenvalue weighted by atomic mass is 79.9. The van der Waals surface area contributed by atoms with Gasteiger partial charge in [-0.2, -0.15) is 0 Å². The van der Waals surface area contributed by atoms with Gasteiger partial charge in [0.25, 0.3) is 0 Å². The maximum absolute atomic E-state index is 11.9. The summed E-state index contributed by atoms with van der Waals surface area (Å²) < 4.78 is 0.956. The van der Waals surface area contributed by atoms with Gasteiger partial charge in [0.05, 0.1) is 10.8 Å². The first-order chi connectivity index (χ1) is 9.15. The minimum Gasteiger partial charge on any atom is -0.352 e. The summed E-state index contributed by atoms with van der Waals surface area (Å²) in [5.74, 6) is 1.17. The molecule has 0 saturated heterocycles. The van der Waals surface area contributed by atoms with Crippen molar-refractivity contribution in [2.45, 2.75) is 43.7 Å². The Labute approximate surface area is 127 Å². The molecular formula is C14H19BrN2OS. The second-order valence-corrected chi connectivity index (χ2v) is 6.95. The molecule has 1 aliphatic rings. The van der Waals surface area contributed by atoms with E-state index in [1.165, 1.54) is 31.0 Å². The number of carbonyl (C=O) groups excluding carboxylic acids is 1. The number of nitrogens with zero attached hydrogens (tertiary/aromatic N) is 1. The molecule has 2 unspecified atom stereocenters. The van der Waals surface area contributed by atoms with E-state index in [4.69, 9.17) is 0 Å². The maximum Gasteiger partial charge on any atom is 0.230 e. The van der Waals surface area contributed by atoms with E-state index in [-0.39, 0.29) is 5.91 Å². The molecule has 0 bridgehead atoms. The minimum absolute atomic E-state index is 0.119. The van der Waals surface area contributed by atoms with Gasteiger partial charge in [0.15, 0.2) is 0 Å². The number of amides is 1. The van der Waals surface area contributed by atoms with Crippen molar-refractivity contribution in [2.75, 3.05) is 5.75 Å². The summed E-state index contributed by atoms with van der Waals surface area (Å²) in [4.78, 5) is 16.2. The summed E-state index contributed by atoms with van der Waals surface area (Å²) in [6, 6.07) is 4.22. The number of halogens is 1. The molecule has 1 heterocycles. The van der Waals surface area contributed by atoms with Crippen LogP contribution in [0.5, 0.6) is 0 Å². The molecule has 0 aromatic carbocycles. The first-order valence-electron chi connectivity index (χ1n) is 6.69. The molecule has 0 aliphatic heterocycles. The summed E-state index contributed by atoms with van der Waals surface area (Å²) in [6.45, 7) is 2.23. The molecule has 1 aliphatic carbocycles. The summed E-state index contributed by atoms with van der Waals surface area (Å²) in [7, 11) is 0. The monoisotopic (exact) mass is 342 g/mol. The maximum atomic E-state index is 11.9. The molecule has 1 saturated carbocycles. The van der Waals surface area contributed by atoms with Crippen LogP contribution in [0.15, 0.2) is 27.8 Å². The number of pyridine rings is 1. The van der Waals surface area contributed by atoms with Crippen molar-refractivity contribution in [2.24, 2.45) is 5.92 Å². The van der Waals surface area contributed by atoms with Gasteiger partial charge >= 0.3 is 0 Å².